The second-order valence-corrected chi connectivity index (χ2v) is 7.83. The minimum absolute atomic E-state index is 0.0533. The van der Waals surface area contributed by atoms with Gasteiger partial charge in [-0.25, -0.2) is 4.79 Å². The van der Waals surface area contributed by atoms with Crippen LogP contribution in [0.1, 0.15) is 31.4 Å². The van der Waals surface area contributed by atoms with Crippen molar-refractivity contribution >= 4 is 17.5 Å². The van der Waals surface area contributed by atoms with Crippen LogP contribution in [0.2, 0.25) is 0 Å². The number of hydrogen-bond donors (Lipinski definition) is 1. The summed E-state index contributed by atoms with van der Waals surface area (Å²) in [5.41, 5.74) is 4.09. The summed E-state index contributed by atoms with van der Waals surface area (Å²) in [7, 11) is 4.00. The zero-order valence-electron chi connectivity index (χ0n) is 16.9. The Kier molecular flexibility index (Phi) is 4.77. The molecule has 1 amide bonds. The third-order valence-electron chi connectivity index (χ3n) is 5.91. The third kappa shape index (κ3) is 3.23. The van der Waals surface area contributed by atoms with E-state index >= 15 is 0 Å². The number of carbonyl (C=O) groups is 1. The zero-order valence-corrected chi connectivity index (χ0v) is 16.9. The second kappa shape index (κ2) is 7.11. The molecule has 6 heteroatoms. The number of aryl methyl sites for hydroxylation is 1. The van der Waals surface area contributed by atoms with Crippen LogP contribution in [0.4, 0.5) is 16.2 Å². The maximum absolute atomic E-state index is 12.3. The molecular weight excluding hydrogens is 354 g/mol. The minimum Gasteiger partial charge on any atom is -0.410 e. The summed E-state index contributed by atoms with van der Waals surface area (Å²) in [6.07, 6.45) is 1.40. The molecule has 2 aliphatic rings. The van der Waals surface area contributed by atoms with Crippen LogP contribution in [-0.2, 0) is 16.7 Å². The summed E-state index contributed by atoms with van der Waals surface area (Å²) < 4.78 is 5.56. The highest BCUT2D eigenvalue weighted by molar-refractivity contribution is 5.86. The van der Waals surface area contributed by atoms with Crippen LogP contribution in [0.5, 0.6) is 5.75 Å². The molecule has 4 rings (SSSR count). The van der Waals surface area contributed by atoms with E-state index in [4.69, 9.17) is 9.57 Å². The van der Waals surface area contributed by atoms with Crippen LogP contribution in [-0.4, -0.2) is 38.0 Å². The number of nitrogens with zero attached hydrogens (tertiary/aromatic N) is 2. The van der Waals surface area contributed by atoms with Gasteiger partial charge in [0.2, 0.25) is 0 Å². The Labute approximate surface area is 166 Å². The minimum atomic E-state index is -0.489. The van der Waals surface area contributed by atoms with E-state index in [1.54, 1.807) is 0 Å². The Morgan fingerprint density at radius 3 is 2.71 bits per heavy atom. The molecule has 2 atom stereocenters. The maximum Gasteiger partial charge on any atom is 0.417 e. The molecule has 2 aliphatic heterocycles. The van der Waals surface area contributed by atoms with Gasteiger partial charge in [-0.3, -0.25) is 10.2 Å². The van der Waals surface area contributed by atoms with Crippen LogP contribution in [0, 0.1) is 0 Å². The first-order chi connectivity index (χ1) is 13.4. The normalized spacial score (nSPS) is 23.9. The molecule has 1 N–H and O–H groups in total. The van der Waals surface area contributed by atoms with Crippen molar-refractivity contribution in [1.29, 1.82) is 0 Å². The molecule has 2 aromatic carbocycles. The van der Waals surface area contributed by atoms with Crippen molar-refractivity contribution in [3.8, 4) is 5.75 Å². The summed E-state index contributed by atoms with van der Waals surface area (Å²) in [5, 5.41) is 4.68. The van der Waals surface area contributed by atoms with Gasteiger partial charge in [-0.15, -0.1) is 0 Å². The van der Waals surface area contributed by atoms with Crippen molar-refractivity contribution in [2.75, 3.05) is 30.9 Å². The average molecular weight is 381 g/mol. The fourth-order valence-electron chi connectivity index (χ4n) is 4.16. The standard InChI is InChI=1S/C22H27N3O3/c1-5-15-6-8-16(9-7-15)23-21(26)27-17-10-11-19-18(14-17)22(2)12-13-24(3)28-20(22)25(19)4/h6-11,14,20H,5,12-13H2,1-4H3,(H,23,26)/t20?,22-/m0/s1. The van der Waals surface area contributed by atoms with Gasteiger partial charge in [0.1, 0.15) is 5.75 Å². The van der Waals surface area contributed by atoms with E-state index in [0.29, 0.717) is 5.75 Å². The first-order valence-electron chi connectivity index (χ1n) is 9.74. The molecule has 0 saturated carbocycles. The van der Waals surface area contributed by atoms with Crippen molar-refractivity contribution in [2.45, 2.75) is 38.3 Å². The number of benzene rings is 2. The van der Waals surface area contributed by atoms with E-state index < -0.39 is 6.09 Å². The summed E-state index contributed by atoms with van der Waals surface area (Å²) in [5.74, 6) is 0.538. The predicted octanol–water partition coefficient (Wildman–Crippen LogP) is 4.16. The zero-order chi connectivity index (χ0) is 19.9. The average Bonchev–Trinajstić information content (AvgIpc) is 2.90. The fourth-order valence-corrected chi connectivity index (χ4v) is 4.16. The van der Waals surface area contributed by atoms with Gasteiger partial charge in [-0.2, -0.15) is 5.06 Å². The highest BCUT2D eigenvalue weighted by atomic mass is 16.7. The van der Waals surface area contributed by atoms with Crippen LogP contribution < -0.4 is 15.0 Å². The molecule has 2 aromatic rings. The number of likely N-dealkylation sites (N-methyl/N-ethyl adjacent to an activating group) is 1. The SMILES string of the molecule is CCc1ccc(NC(=O)Oc2ccc3c(c2)[C@]2(C)CCN(C)OC2N3C)cc1. The Morgan fingerprint density at radius 2 is 2.00 bits per heavy atom. The molecular formula is C22H27N3O3. The lowest BCUT2D eigenvalue weighted by atomic mass is 9.79. The number of rotatable bonds is 3. The number of nitrogens with one attached hydrogen (secondary N) is 1. The van der Waals surface area contributed by atoms with E-state index in [1.807, 2.05) is 61.6 Å². The number of fused-ring (bicyclic) bond motifs is 3. The molecule has 1 unspecified atom stereocenters. The summed E-state index contributed by atoms with van der Waals surface area (Å²) in [4.78, 5) is 20.6. The third-order valence-corrected chi connectivity index (χ3v) is 5.91. The topological polar surface area (TPSA) is 54.0 Å². The first kappa shape index (κ1) is 18.8. The smallest absolute Gasteiger partial charge is 0.410 e. The van der Waals surface area contributed by atoms with Crippen molar-refractivity contribution in [3.63, 3.8) is 0 Å². The van der Waals surface area contributed by atoms with E-state index in [1.165, 1.54) is 5.56 Å². The molecule has 1 saturated heterocycles. The molecule has 0 aliphatic carbocycles. The lowest BCUT2D eigenvalue weighted by Gasteiger charge is -2.42. The number of ether oxygens (including phenoxy) is 1. The number of hydroxylamine groups is 2. The van der Waals surface area contributed by atoms with Crippen LogP contribution in [0.15, 0.2) is 42.5 Å². The monoisotopic (exact) mass is 381 g/mol. The van der Waals surface area contributed by atoms with Gasteiger partial charge in [0, 0.05) is 37.4 Å². The molecule has 6 nitrogen and oxygen atoms in total. The number of carbonyl (C=O) groups excluding carboxylic acids is 1. The number of hydrogen-bond acceptors (Lipinski definition) is 5. The van der Waals surface area contributed by atoms with Gasteiger partial charge in [0.05, 0.1) is 0 Å². The summed E-state index contributed by atoms with van der Waals surface area (Å²) in [6, 6.07) is 13.6. The Bertz CT molecular complexity index is 883. The highest BCUT2D eigenvalue weighted by Gasteiger charge is 2.50. The van der Waals surface area contributed by atoms with E-state index in [2.05, 4.69) is 24.1 Å². The maximum atomic E-state index is 12.3. The highest BCUT2D eigenvalue weighted by Crippen LogP contribution is 2.50. The summed E-state index contributed by atoms with van der Waals surface area (Å²) in [6.45, 7) is 5.17. The number of amides is 1. The van der Waals surface area contributed by atoms with Gasteiger partial charge in [0.25, 0.3) is 0 Å². The van der Waals surface area contributed by atoms with Gasteiger partial charge in [-0.1, -0.05) is 26.0 Å². The quantitative estimate of drug-likeness (QED) is 0.865. The lowest BCUT2D eigenvalue weighted by Crippen LogP contribution is -2.52. The molecule has 0 aromatic heterocycles. The molecule has 0 bridgehead atoms. The molecule has 0 spiro atoms. The molecule has 2 heterocycles. The van der Waals surface area contributed by atoms with Crippen molar-refractivity contribution < 1.29 is 14.4 Å². The van der Waals surface area contributed by atoms with E-state index in [0.717, 1.165) is 36.3 Å². The predicted molar refractivity (Wildman–Crippen MR) is 110 cm³/mol. The van der Waals surface area contributed by atoms with Crippen LogP contribution in [0.25, 0.3) is 0 Å². The number of anilines is 2. The van der Waals surface area contributed by atoms with Gasteiger partial charge in [-0.05, 0) is 54.3 Å². The molecule has 0 radical (unpaired) electrons. The van der Waals surface area contributed by atoms with E-state index in [-0.39, 0.29) is 11.6 Å². The molecule has 1 fully saturated rings. The molecule has 28 heavy (non-hydrogen) atoms. The van der Waals surface area contributed by atoms with Crippen molar-refractivity contribution in [3.05, 3.63) is 53.6 Å². The van der Waals surface area contributed by atoms with Crippen LogP contribution in [0.3, 0.4) is 0 Å². The van der Waals surface area contributed by atoms with Gasteiger partial charge in [0.15, 0.2) is 6.23 Å². The van der Waals surface area contributed by atoms with Crippen molar-refractivity contribution in [1.82, 2.24) is 5.06 Å². The van der Waals surface area contributed by atoms with Gasteiger partial charge < -0.3 is 9.64 Å². The second-order valence-electron chi connectivity index (χ2n) is 7.83. The Hall–Kier alpha value is -2.57. The Balaban J connectivity index is 1.51. The van der Waals surface area contributed by atoms with Gasteiger partial charge >= 0.3 is 6.09 Å². The van der Waals surface area contributed by atoms with Crippen LogP contribution >= 0.6 is 0 Å². The first-order valence-corrected chi connectivity index (χ1v) is 9.74. The fraction of sp³-hybridized carbons (Fsp3) is 0.409. The Morgan fingerprint density at radius 1 is 1.25 bits per heavy atom. The van der Waals surface area contributed by atoms with E-state index in [9.17, 15) is 4.79 Å². The largest absolute Gasteiger partial charge is 0.417 e. The lowest BCUT2D eigenvalue weighted by molar-refractivity contribution is -0.226. The van der Waals surface area contributed by atoms with Crippen molar-refractivity contribution in [2.24, 2.45) is 0 Å². The molecule has 148 valence electrons. The summed E-state index contributed by atoms with van der Waals surface area (Å²) >= 11 is 0.